The third-order valence-electron chi connectivity index (χ3n) is 3.73. The van der Waals surface area contributed by atoms with Crippen molar-refractivity contribution in [2.45, 2.75) is 45.6 Å². The molecule has 19 heavy (non-hydrogen) atoms. The van der Waals surface area contributed by atoms with Crippen LogP contribution in [0.1, 0.15) is 50.0 Å². The number of rotatable bonds is 3. The Labute approximate surface area is 114 Å². The van der Waals surface area contributed by atoms with Crippen LogP contribution in [0.15, 0.2) is 24.3 Å². The fourth-order valence-electron chi connectivity index (χ4n) is 2.64. The van der Waals surface area contributed by atoms with Gasteiger partial charge < -0.3 is 10.3 Å². The van der Waals surface area contributed by atoms with Crippen LogP contribution in [0.5, 0.6) is 0 Å². The van der Waals surface area contributed by atoms with Gasteiger partial charge in [0.1, 0.15) is 17.3 Å². The molecule has 1 aliphatic carbocycles. The zero-order valence-corrected chi connectivity index (χ0v) is 11.9. The predicted molar refractivity (Wildman–Crippen MR) is 79.2 cm³/mol. The van der Waals surface area contributed by atoms with Crippen LogP contribution in [0.25, 0.3) is 11.3 Å². The molecular formula is C16H21N3. The monoisotopic (exact) mass is 255 g/mol. The number of imidazole rings is 1. The summed E-state index contributed by atoms with van der Waals surface area (Å²) in [5, 5.41) is 0. The number of aryl methyl sites for hydroxylation is 1. The Balaban J connectivity index is 2.14. The number of nitrogens with two attached hydrogens (primary N) is 1. The third-order valence-corrected chi connectivity index (χ3v) is 3.73. The molecule has 0 saturated heterocycles. The first-order valence-electron chi connectivity index (χ1n) is 7.02. The van der Waals surface area contributed by atoms with E-state index in [-0.39, 0.29) is 0 Å². The number of nitrogens with zero attached hydrogens (tertiary/aromatic N) is 2. The van der Waals surface area contributed by atoms with Crippen LogP contribution in [0.2, 0.25) is 0 Å². The molecule has 3 heteroatoms. The maximum Gasteiger partial charge on any atom is 0.131 e. The number of benzene rings is 1. The summed E-state index contributed by atoms with van der Waals surface area (Å²) in [4.78, 5) is 4.84. The van der Waals surface area contributed by atoms with Crippen LogP contribution in [0.3, 0.4) is 0 Å². The Morgan fingerprint density at radius 1 is 1.32 bits per heavy atom. The van der Waals surface area contributed by atoms with E-state index < -0.39 is 0 Å². The molecule has 0 amide bonds. The summed E-state index contributed by atoms with van der Waals surface area (Å²) in [5.41, 5.74) is 9.66. The van der Waals surface area contributed by atoms with Crippen molar-refractivity contribution in [3.8, 4) is 11.3 Å². The Hall–Kier alpha value is -1.77. The number of nitrogen functional groups attached to an aromatic ring is 1. The molecule has 2 aromatic rings. The first-order chi connectivity index (χ1) is 9.08. The molecule has 2 N–H and O–H groups in total. The van der Waals surface area contributed by atoms with Gasteiger partial charge in [-0.15, -0.1) is 0 Å². The van der Waals surface area contributed by atoms with Crippen molar-refractivity contribution < 1.29 is 0 Å². The van der Waals surface area contributed by atoms with Gasteiger partial charge in [0.25, 0.3) is 0 Å². The summed E-state index contributed by atoms with van der Waals surface area (Å²) >= 11 is 0. The van der Waals surface area contributed by atoms with Crippen molar-refractivity contribution >= 4 is 5.82 Å². The van der Waals surface area contributed by atoms with E-state index in [1.165, 1.54) is 24.2 Å². The molecule has 0 bridgehead atoms. The minimum Gasteiger partial charge on any atom is -0.383 e. The van der Waals surface area contributed by atoms with E-state index in [9.17, 15) is 0 Å². The van der Waals surface area contributed by atoms with Crippen LogP contribution in [-0.4, -0.2) is 9.55 Å². The lowest BCUT2D eigenvalue weighted by Gasteiger charge is -2.13. The maximum absolute atomic E-state index is 6.35. The highest BCUT2D eigenvalue weighted by Gasteiger charge is 2.31. The molecule has 0 radical (unpaired) electrons. The van der Waals surface area contributed by atoms with Gasteiger partial charge in [-0.05, 0) is 39.7 Å². The van der Waals surface area contributed by atoms with Crippen LogP contribution < -0.4 is 5.73 Å². The zero-order valence-electron chi connectivity index (χ0n) is 11.9. The largest absolute Gasteiger partial charge is 0.383 e. The topological polar surface area (TPSA) is 43.8 Å². The quantitative estimate of drug-likeness (QED) is 0.904. The fraction of sp³-hybridized carbons (Fsp3) is 0.438. The molecule has 0 unspecified atom stereocenters. The van der Waals surface area contributed by atoms with Crippen molar-refractivity contribution in [3.05, 3.63) is 35.7 Å². The van der Waals surface area contributed by atoms with Crippen molar-refractivity contribution in [2.75, 3.05) is 5.73 Å². The second-order valence-corrected chi connectivity index (χ2v) is 5.81. The van der Waals surface area contributed by atoms with E-state index in [4.69, 9.17) is 10.7 Å². The van der Waals surface area contributed by atoms with E-state index >= 15 is 0 Å². The highest BCUT2D eigenvalue weighted by molar-refractivity contribution is 5.71. The van der Waals surface area contributed by atoms with Crippen LogP contribution >= 0.6 is 0 Å². The van der Waals surface area contributed by atoms with Crippen LogP contribution in [0, 0.1) is 6.92 Å². The highest BCUT2D eigenvalue weighted by Crippen LogP contribution is 2.43. The van der Waals surface area contributed by atoms with Crippen molar-refractivity contribution in [1.29, 1.82) is 0 Å². The van der Waals surface area contributed by atoms with E-state index in [1.54, 1.807) is 0 Å². The summed E-state index contributed by atoms with van der Waals surface area (Å²) in [6.07, 6.45) is 2.49. The van der Waals surface area contributed by atoms with Gasteiger partial charge in [0, 0.05) is 17.5 Å². The normalized spacial score (nSPS) is 15.2. The first-order valence-corrected chi connectivity index (χ1v) is 7.02. The van der Waals surface area contributed by atoms with Gasteiger partial charge >= 0.3 is 0 Å². The third kappa shape index (κ3) is 2.14. The molecule has 1 heterocycles. The van der Waals surface area contributed by atoms with E-state index in [0.29, 0.717) is 12.0 Å². The Morgan fingerprint density at radius 2 is 2.05 bits per heavy atom. The summed E-state index contributed by atoms with van der Waals surface area (Å²) in [6, 6.07) is 8.77. The van der Waals surface area contributed by atoms with E-state index in [1.807, 2.05) is 0 Å². The molecule has 0 atom stereocenters. The second kappa shape index (κ2) is 4.41. The van der Waals surface area contributed by atoms with Gasteiger partial charge in [-0.2, -0.15) is 0 Å². The van der Waals surface area contributed by atoms with Gasteiger partial charge in [-0.25, -0.2) is 4.98 Å². The molecule has 3 nitrogen and oxygen atoms in total. The number of aromatic nitrogens is 2. The molecule has 3 rings (SSSR count). The van der Waals surface area contributed by atoms with Gasteiger partial charge in [-0.1, -0.05) is 23.8 Å². The molecule has 1 aromatic carbocycles. The molecule has 1 saturated carbocycles. The number of hydrogen-bond acceptors (Lipinski definition) is 2. The lowest BCUT2D eigenvalue weighted by molar-refractivity contribution is 0.576. The van der Waals surface area contributed by atoms with Gasteiger partial charge in [-0.3, -0.25) is 0 Å². The maximum atomic E-state index is 6.35. The molecule has 1 fully saturated rings. The minimum atomic E-state index is 0.363. The molecule has 0 aliphatic heterocycles. The van der Waals surface area contributed by atoms with Gasteiger partial charge in [0.15, 0.2) is 0 Å². The number of hydrogen-bond donors (Lipinski definition) is 1. The fourth-order valence-corrected chi connectivity index (χ4v) is 2.64. The van der Waals surface area contributed by atoms with Crippen LogP contribution in [0.4, 0.5) is 5.82 Å². The molecule has 1 aliphatic rings. The van der Waals surface area contributed by atoms with Gasteiger partial charge in [0.05, 0.1) is 0 Å². The summed E-state index contributed by atoms with van der Waals surface area (Å²) < 4.78 is 2.20. The highest BCUT2D eigenvalue weighted by atomic mass is 15.2. The summed E-state index contributed by atoms with van der Waals surface area (Å²) in [6.45, 7) is 6.44. The SMILES string of the molecule is Cc1cccc(-c2nc(C3CC3)n(C(C)C)c2N)c1. The zero-order chi connectivity index (χ0) is 13.6. The minimum absolute atomic E-state index is 0.363. The average Bonchev–Trinajstić information content (AvgIpc) is 3.13. The average molecular weight is 255 g/mol. The second-order valence-electron chi connectivity index (χ2n) is 5.81. The summed E-state index contributed by atoms with van der Waals surface area (Å²) in [5.74, 6) is 2.59. The van der Waals surface area contributed by atoms with E-state index in [0.717, 1.165) is 17.1 Å². The number of anilines is 1. The Kier molecular flexibility index (Phi) is 2.85. The lowest BCUT2D eigenvalue weighted by atomic mass is 10.1. The van der Waals surface area contributed by atoms with Crippen LogP contribution in [-0.2, 0) is 0 Å². The lowest BCUT2D eigenvalue weighted by Crippen LogP contribution is -2.08. The van der Waals surface area contributed by atoms with E-state index in [2.05, 4.69) is 49.6 Å². The smallest absolute Gasteiger partial charge is 0.131 e. The first kappa shape index (κ1) is 12.3. The molecular weight excluding hydrogens is 234 g/mol. The molecule has 0 spiro atoms. The predicted octanol–water partition coefficient (Wildman–Crippen LogP) is 3.90. The van der Waals surface area contributed by atoms with Gasteiger partial charge in [0.2, 0.25) is 0 Å². The Morgan fingerprint density at radius 3 is 2.63 bits per heavy atom. The van der Waals surface area contributed by atoms with Crippen molar-refractivity contribution in [2.24, 2.45) is 0 Å². The molecule has 1 aromatic heterocycles. The summed E-state index contributed by atoms with van der Waals surface area (Å²) in [7, 11) is 0. The van der Waals surface area contributed by atoms with Crippen molar-refractivity contribution in [3.63, 3.8) is 0 Å². The molecule has 100 valence electrons. The standard InChI is InChI=1S/C16H21N3/c1-10(2)19-15(17)14(18-16(19)12-7-8-12)13-6-4-5-11(3)9-13/h4-6,9-10,12H,7-8,17H2,1-3H3. The Bertz CT molecular complexity index is 606. The van der Waals surface area contributed by atoms with Crippen molar-refractivity contribution in [1.82, 2.24) is 9.55 Å².